The van der Waals surface area contributed by atoms with Crippen molar-refractivity contribution in [2.75, 3.05) is 5.73 Å². The van der Waals surface area contributed by atoms with E-state index in [4.69, 9.17) is 5.73 Å². The Morgan fingerprint density at radius 3 is 2.89 bits per heavy atom. The molecule has 0 atom stereocenters. The van der Waals surface area contributed by atoms with Crippen LogP contribution in [0.15, 0.2) is 17.4 Å². The second-order valence-corrected chi connectivity index (χ2v) is 5.18. The fraction of sp³-hybridized carbons (Fsp3) is 0.273. The minimum atomic E-state index is 0.325. The van der Waals surface area contributed by atoms with E-state index in [2.05, 4.69) is 25.1 Å². The molecule has 3 aromatic heterocycles. The highest BCUT2D eigenvalue weighted by Crippen LogP contribution is 2.19. The summed E-state index contributed by atoms with van der Waals surface area (Å²) >= 11 is 1.48. The normalized spacial score (nSPS) is 11.3. The van der Waals surface area contributed by atoms with Crippen molar-refractivity contribution in [3.63, 3.8) is 0 Å². The number of nitrogens with zero attached hydrogens (tertiary/aromatic N) is 5. The fourth-order valence-electron chi connectivity index (χ4n) is 1.85. The first-order valence-corrected chi connectivity index (χ1v) is 6.73. The number of nitrogens with one attached hydrogen (secondary N) is 1. The second-order valence-electron chi connectivity index (χ2n) is 4.23. The van der Waals surface area contributed by atoms with Crippen molar-refractivity contribution in [2.24, 2.45) is 0 Å². The Morgan fingerprint density at radius 2 is 2.16 bits per heavy atom. The molecule has 3 N–H and O–H groups in total. The molecular formula is C11H13N7S. The summed E-state index contributed by atoms with van der Waals surface area (Å²) in [4.78, 5) is 12.9. The number of nitrogens with two attached hydrogens (primary N) is 1. The van der Waals surface area contributed by atoms with Crippen LogP contribution in [0.5, 0.6) is 0 Å². The summed E-state index contributed by atoms with van der Waals surface area (Å²) in [5.74, 6) is 1.73. The number of nitrogen functional groups attached to an aromatic ring is 1. The lowest BCUT2D eigenvalue weighted by Crippen LogP contribution is -1.94. The van der Waals surface area contributed by atoms with Crippen LogP contribution >= 0.6 is 11.8 Å². The number of H-pyrrole nitrogens is 1. The Labute approximate surface area is 113 Å². The molecule has 0 unspecified atom stereocenters. The Morgan fingerprint density at radius 1 is 1.32 bits per heavy atom. The largest absolute Gasteiger partial charge is 0.368 e. The van der Waals surface area contributed by atoms with E-state index in [9.17, 15) is 0 Å². The van der Waals surface area contributed by atoms with Gasteiger partial charge in [0.05, 0.1) is 5.69 Å². The molecule has 0 bridgehead atoms. The molecule has 0 aliphatic carbocycles. The zero-order chi connectivity index (χ0) is 13.4. The summed E-state index contributed by atoms with van der Waals surface area (Å²) in [5.41, 5.74) is 8.50. The van der Waals surface area contributed by atoms with Gasteiger partial charge in [0.2, 0.25) is 16.9 Å². The van der Waals surface area contributed by atoms with Gasteiger partial charge in [0.1, 0.15) is 0 Å². The third-order valence-electron chi connectivity index (χ3n) is 2.64. The molecule has 0 aliphatic heterocycles. The molecule has 98 valence electrons. The van der Waals surface area contributed by atoms with Gasteiger partial charge in [-0.15, -0.1) is 5.10 Å². The van der Waals surface area contributed by atoms with Crippen molar-refractivity contribution in [1.82, 2.24) is 29.5 Å². The van der Waals surface area contributed by atoms with E-state index in [0.717, 1.165) is 22.9 Å². The van der Waals surface area contributed by atoms with Crippen molar-refractivity contribution < 1.29 is 0 Å². The maximum Gasteiger partial charge on any atom is 0.234 e. The summed E-state index contributed by atoms with van der Waals surface area (Å²) in [7, 11) is 0. The fourth-order valence-corrected chi connectivity index (χ4v) is 2.54. The maximum atomic E-state index is 5.47. The molecule has 19 heavy (non-hydrogen) atoms. The van der Waals surface area contributed by atoms with Crippen LogP contribution in [-0.4, -0.2) is 29.5 Å². The quantitative estimate of drug-likeness (QED) is 0.700. The molecule has 3 aromatic rings. The number of aromatic amines is 1. The van der Waals surface area contributed by atoms with Crippen molar-refractivity contribution >= 4 is 23.5 Å². The zero-order valence-electron chi connectivity index (χ0n) is 10.6. The zero-order valence-corrected chi connectivity index (χ0v) is 11.4. The smallest absolute Gasteiger partial charge is 0.234 e. The summed E-state index contributed by atoms with van der Waals surface area (Å²) in [6.07, 6.45) is 1.99. The maximum absolute atomic E-state index is 5.47. The first-order valence-electron chi connectivity index (χ1n) is 5.75. The van der Waals surface area contributed by atoms with Crippen molar-refractivity contribution in [2.45, 2.75) is 24.8 Å². The minimum absolute atomic E-state index is 0.325. The van der Waals surface area contributed by atoms with Crippen molar-refractivity contribution in [1.29, 1.82) is 0 Å². The van der Waals surface area contributed by atoms with Gasteiger partial charge in [0, 0.05) is 23.3 Å². The molecule has 3 heterocycles. The minimum Gasteiger partial charge on any atom is -0.368 e. The highest BCUT2D eigenvalue weighted by atomic mass is 32.2. The number of hydrogen-bond acceptors (Lipinski definition) is 6. The molecule has 0 amide bonds. The highest BCUT2D eigenvalue weighted by molar-refractivity contribution is 7.98. The van der Waals surface area contributed by atoms with Crippen LogP contribution in [0.4, 0.5) is 5.95 Å². The Bertz CT molecular complexity index is 730. The Kier molecular flexibility index (Phi) is 2.86. The molecule has 8 heteroatoms. The van der Waals surface area contributed by atoms with Crippen LogP contribution in [0, 0.1) is 13.8 Å². The Balaban J connectivity index is 1.83. The van der Waals surface area contributed by atoms with E-state index in [1.807, 2.05) is 30.5 Å². The van der Waals surface area contributed by atoms with E-state index < -0.39 is 0 Å². The van der Waals surface area contributed by atoms with Crippen LogP contribution in [0.3, 0.4) is 0 Å². The lowest BCUT2D eigenvalue weighted by atomic mass is 10.3. The van der Waals surface area contributed by atoms with Gasteiger partial charge in [0.25, 0.3) is 0 Å². The van der Waals surface area contributed by atoms with E-state index in [0.29, 0.717) is 16.9 Å². The first-order chi connectivity index (χ1) is 9.11. The third-order valence-corrected chi connectivity index (χ3v) is 3.52. The molecule has 0 saturated carbocycles. The van der Waals surface area contributed by atoms with Crippen LogP contribution in [0.1, 0.15) is 17.1 Å². The summed E-state index contributed by atoms with van der Waals surface area (Å²) in [6, 6.07) is 2.03. The Hall–Kier alpha value is -2.09. The van der Waals surface area contributed by atoms with Crippen molar-refractivity contribution in [3.05, 3.63) is 29.3 Å². The number of rotatable bonds is 3. The molecule has 7 nitrogen and oxygen atoms in total. The van der Waals surface area contributed by atoms with Gasteiger partial charge >= 0.3 is 0 Å². The monoisotopic (exact) mass is 275 g/mol. The van der Waals surface area contributed by atoms with Gasteiger partial charge < -0.3 is 5.73 Å². The average Bonchev–Trinajstić information content (AvgIpc) is 2.92. The summed E-state index contributed by atoms with van der Waals surface area (Å²) < 4.78 is 1.98. The van der Waals surface area contributed by atoms with Gasteiger partial charge in [-0.25, -0.2) is 15.1 Å². The van der Waals surface area contributed by atoms with E-state index in [1.54, 1.807) is 0 Å². The van der Waals surface area contributed by atoms with Gasteiger partial charge in [-0.05, 0) is 19.9 Å². The van der Waals surface area contributed by atoms with Gasteiger partial charge in [-0.1, -0.05) is 11.8 Å². The first kappa shape index (κ1) is 12.0. The van der Waals surface area contributed by atoms with Crippen LogP contribution in [0.25, 0.3) is 5.78 Å². The topological polar surface area (TPSA) is 97.8 Å². The predicted octanol–water partition coefficient (Wildman–Crippen LogP) is 1.34. The molecule has 0 aromatic carbocycles. The molecule has 0 fully saturated rings. The number of aromatic nitrogens is 6. The molecule has 3 rings (SSSR count). The highest BCUT2D eigenvalue weighted by Gasteiger charge is 2.08. The van der Waals surface area contributed by atoms with Gasteiger partial charge in [-0.2, -0.15) is 4.98 Å². The van der Waals surface area contributed by atoms with Gasteiger partial charge in [-0.3, -0.25) is 4.40 Å². The number of fused-ring (bicyclic) bond motifs is 1. The standard InChI is InChI=1S/C11H13N7S/c1-6-3-7(2)18-4-8(14-10(18)13-6)5-19-11-15-9(12)16-17-11/h3-4H,5H2,1-2H3,(H3,12,15,16,17). The van der Waals surface area contributed by atoms with Gasteiger partial charge in [0.15, 0.2) is 0 Å². The van der Waals surface area contributed by atoms with E-state index in [-0.39, 0.29) is 0 Å². The number of anilines is 1. The average molecular weight is 275 g/mol. The molecule has 0 aliphatic rings. The SMILES string of the molecule is Cc1cc(C)n2cc(CSc3n[nH]c(N)n3)nc2n1. The van der Waals surface area contributed by atoms with Crippen LogP contribution in [-0.2, 0) is 5.75 Å². The van der Waals surface area contributed by atoms with E-state index in [1.165, 1.54) is 11.8 Å². The van der Waals surface area contributed by atoms with E-state index >= 15 is 0 Å². The third kappa shape index (κ3) is 2.39. The van der Waals surface area contributed by atoms with Crippen LogP contribution < -0.4 is 5.73 Å². The number of aryl methyl sites for hydroxylation is 2. The second kappa shape index (κ2) is 4.54. The molecular weight excluding hydrogens is 262 g/mol. The number of imidazole rings is 1. The molecule has 0 saturated heterocycles. The summed E-state index contributed by atoms with van der Waals surface area (Å²) in [5, 5.41) is 7.19. The lowest BCUT2D eigenvalue weighted by molar-refractivity contribution is 0.972. The molecule has 0 radical (unpaired) electrons. The number of hydrogen-bond donors (Lipinski definition) is 2. The van der Waals surface area contributed by atoms with Crippen molar-refractivity contribution in [3.8, 4) is 0 Å². The number of thioether (sulfide) groups is 1. The predicted molar refractivity (Wildman–Crippen MR) is 72.8 cm³/mol. The summed E-state index contributed by atoms with van der Waals surface area (Å²) in [6.45, 7) is 4.00. The van der Waals surface area contributed by atoms with Crippen LogP contribution in [0.2, 0.25) is 0 Å². The molecule has 0 spiro atoms. The lowest BCUT2D eigenvalue weighted by Gasteiger charge is -1.98.